The summed E-state index contributed by atoms with van der Waals surface area (Å²) in [5.41, 5.74) is 4.07. The van der Waals surface area contributed by atoms with E-state index in [2.05, 4.69) is 30.4 Å². The van der Waals surface area contributed by atoms with Gasteiger partial charge in [0.05, 0.1) is 11.1 Å². The van der Waals surface area contributed by atoms with Crippen LogP contribution in [0.25, 0.3) is 0 Å². The topological polar surface area (TPSA) is 38.3 Å². The van der Waals surface area contributed by atoms with Crippen LogP contribution < -0.4 is 10.1 Å². The Morgan fingerprint density at radius 1 is 1.07 bits per heavy atom. The average molecular weight is 386 g/mol. The summed E-state index contributed by atoms with van der Waals surface area (Å²) in [7, 11) is 0. The molecular weight excluding hydrogens is 358 g/mol. The van der Waals surface area contributed by atoms with E-state index in [1.807, 2.05) is 19.1 Å². The van der Waals surface area contributed by atoms with E-state index in [-0.39, 0.29) is 11.9 Å². The summed E-state index contributed by atoms with van der Waals surface area (Å²) in [6.07, 6.45) is 5.70. The standard InChI is InChI=1S/C23H28ClNO2/c1-3-20(18-14-13-16-9-5-6-10-17(16)15-18)25-23(26)21(4-2)27-22-12-8-7-11-19(22)24/h7-8,11-15,20-21H,3-6,9-10H2,1-2H3,(H,25,26)/t20-,21+/m1/s1. The molecule has 2 atom stereocenters. The molecule has 2 aromatic rings. The molecule has 3 nitrogen and oxygen atoms in total. The minimum absolute atomic E-state index is 0.00591. The number of amides is 1. The lowest BCUT2D eigenvalue weighted by molar-refractivity contribution is -0.128. The van der Waals surface area contributed by atoms with Gasteiger partial charge in [-0.15, -0.1) is 0 Å². The van der Waals surface area contributed by atoms with Crippen LogP contribution >= 0.6 is 11.6 Å². The maximum atomic E-state index is 12.8. The molecule has 0 spiro atoms. The van der Waals surface area contributed by atoms with Crippen molar-refractivity contribution in [3.05, 3.63) is 64.2 Å². The second-order valence-corrected chi connectivity index (χ2v) is 7.56. The fraction of sp³-hybridized carbons (Fsp3) is 0.435. The number of nitrogens with one attached hydrogen (secondary N) is 1. The van der Waals surface area contributed by atoms with Crippen molar-refractivity contribution < 1.29 is 9.53 Å². The van der Waals surface area contributed by atoms with Gasteiger partial charge in [-0.3, -0.25) is 4.79 Å². The van der Waals surface area contributed by atoms with Crippen molar-refractivity contribution in [1.29, 1.82) is 0 Å². The Balaban J connectivity index is 1.71. The van der Waals surface area contributed by atoms with Crippen LogP contribution in [-0.2, 0) is 17.6 Å². The maximum absolute atomic E-state index is 12.8. The Hall–Kier alpha value is -2.00. The van der Waals surface area contributed by atoms with Crippen LogP contribution in [0, 0.1) is 0 Å². The maximum Gasteiger partial charge on any atom is 0.261 e. The zero-order chi connectivity index (χ0) is 19.2. The predicted octanol–water partition coefficient (Wildman–Crippen LogP) is 5.64. The summed E-state index contributed by atoms with van der Waals surface area (Å²) in [5.74, 6) is 0.449. The van der Waals surface area contributed by atoms with Crippen LogP contribution in [0.15, 0.2) is 42.5 Å². The smallest absolute Gasteiger partial charge is 0.261 e. The van der Waals surface area contributed by atoms with Gasteiger partial charge in [0.2, 0.25) is 0 Å². The van der Waals surface area contributed by atoms with Crippen molar-refractivity contribution in [2.75, 3.05) is 0 Å². The molecule has 0 heterocycles. The summed E-state index contributed by atoms with van der Waals surface area (Å²) in [4.78, 5) is 12.8. The summed E-state index contributed by atoms with van der Waals surface area (Å²) in [5, 5.41) is 3.69. The fourth-order valence-electron chi connectivity index (χ4n) is 3.67. The largest absolute Gasteiger partial charge is 0.479 e. The number of benzene rings is 2. The van der Waals surface area contributed by atoms with E-state index in [9.17, 15) is 4.79 Å². The molecule has 2 aromatic carbocycles. The van der Waals surface area contributed by atoms with E-state index >= 15 is 0 Å². The zero-order valence-electron chi connectivity index (χ0n) is 16.1. The molecule has 1 aliphatic carbocycles. The SMILES string of the molecule is CC[C@H](Oc1ccccc1Cl)C(=O)N[C@H](CC)c1ccc2c(c1)CCCC2. The molecule has 1 aliphatic rings. The lowest BCUT2D eigenvalue weighted by atomic mass is 9.88. The summed E-state index contributed by atoms with van der Waals surface area (Å²) in [6.45, 7) is 4.04. The monoisotopic (exact) mass is 385 g/mol. The summed E-state index contributed by atoms with van der Waals surface area (Å²) >= 11 is 6.17. The van der Waals surface area contributed by atoms with E-state index in [1.165, 1.54) is 36.0 Å². The van der Waals surface area contributed by atoms with Gasteiger partial charge in [-0.25, -0.2) is 0 Å². The molecular formula is C23H28ClNO2. The predicted molar refractivity (Wildman–Crippen MR) is 110 cm³/mol. The van der Waals surface area contributed by atoms with Gasteiger partial charge in [-0.05, 0) is 67.3 Å². The van der Waals surface area contributed by atoms with Gasteiger partial charge in [0.1, 0.15) is 5.75 Å². The third-order valence-corrected chi connectivity index (χ3v) is 5.58. The van der Waals surface area contributed by atoms with Crippen LogP contribution in [0.5, 0.6) is 5.75 Å². The number of carbonyl (C=O) groups excluding carboxylic acids is 1. The lowest BCUT2D eigenvalue weighted by Gasteiger charge is -2.24. The summed E-state index contributed by atoms with van der Waals surface area (Å²) in [6, 6.07) is 13.9. The molecule has 1 N–H and O–H groups in total. The van der Waals surface area contributed by atoms with Crippen molar-refractivity contribution in [2.45, 2.75) is 64.5 Å². The van der Waals surface area contributed by atoms with E-state index in [4.69, 9.17) is 16.3 Å². The van der Waals surface area contributed by atoms with E-state index in [0.717, 1.165) is 12.8 Å². The Bertz CT molecular complexity index is 790. The molecule has 0 fully saturated rings. The number of rotatable bonds is 7. The molecule has 0 saturated heterocycles. The highest BCUT2D eigenvalue weighted by molar-refractivity contribution is 6.32. The van der Waals surface area contributed by atoms with Gasteiger partial charge >= 0.3 is 0 Å². The van der Waals surface area contributed by atoms with Crippen LogP contribution in [0.1, 0.15) is 62.3 Å². The van der Waals surface area contributed by atoms with Crippen LogP contribution in [0.2, 0.25) is 5.02 Å². The normalized spacial score (nSPS) is 15.5. The molecule has 4 heteroatoms. The molecule has 0 aliphatic heterocycles. The third-order valence-electron chi connectivity index (χ3n) is 5.27. The van der Waals surface area contributed by atoms with Gasteiger partial charge in [-0.2, -0.15) is 0 Å². The van der Waals surface area contributed by atoms with E-state index in [0.29, 0.717) is 17.2 Å². The van der Waals surface area contributed by atoms with Gasteiger partial charge < -0.3 is 10.1 Å². The number of para-hydroxylation sites is 1. The Labute approximate surface area is 167 Å². The first kappa shape index (κ1) is 19.8. The van der Waals surface area contributed by atoms with E-state index < -0.39 is 6.10 Å². The van der Waals surface area contributed by atoms with Gasteiger partial charge in [-0.1, -0.05) is 55.8 Å². The van der Waals surface area contributed by atoms with Crippen molar-refractivity contribution in [2.24, 2.45) is 0 Å². The van der Waals surface area contributed by atoms with Crippen molar-refractivity contribution in [3.63, 3.8) is 0 Å². The molecule has 0 aromatic heterocycles. The van der Waals surface area contributed by atoms with Crippen molar-refractivity contribution >= 4 is 17.5 Å². The summed E-state index contributed by atoms with van der Waals surface area (Å²) < 4.78 is 5.88. The highest BCUT2D eigenvalue weighted by atomic mass is 35.5. The molecule has 0 unspecified atom stereocenters. The molecule has 0 bridgehead atoms. The molecule has 0 saturated carbocycles. The number of hydrogen-bond donors (Lipinski definition) is 1. The first-order chi connectivity index (χ1) is 13.1. The third kappa shape index (κ3) is 4.84. The number of carbonyl (C=O) groups is 1. The number of hydrogen-bond acceptors (Lipinski definition) is 2. The molecule has 1 amide bonds. The first-order valence-corrected chi connectivity index (χ1v) is 10.3. The Morgan fingerprint density at radius 3 is 2.52 bits per heavy atom. The van der Waals surface area contributed by atoms with E-state index in [1.54, 1.807) is 12.1 Å². The first-order valence-electron chi connectivity index (χ1n) is 9.95. The minimum Gasteiger partial charge on any atom is -0.479 e. The number of aryl methyl sites for hydroxylation is 2. The number of ether oxygens (including phenoxy) is 1. The zero-order valence-corrected chi connectivity index (χ0v) is 16.9. The molecule has 0 radical (unpaired) electrons. The van der Waals surface area contributed by atoms with Crippen LogP contribution in [0.3, 0.4) is 0 Å². The highest BCUT2D eigenvalue weighted by Crippen LogP contribution is 2.27. The highest BCUT2D eigenvalue weighted by Gasteiger charge is 2.23. The fourth-order valence-corrected chi connectivity index (χ4v) is 3.85. The van der Waals surface area contributed by atoms with Crippen LogP contribution in [0.4, 0.5) is 0 Å². The van der Waals surface area contributed by atoms with Crippen LogP contribution in [-0.4, -0.2) is 12.0 Å². The van der Waals surface area contributed by atoms with Gasteiger partial charge in [0.15, 0.2) is 6.10 Å². The average Bonchev–Trinajstić information content (AvgIpc) is 2.70. The lowest BCUT2D eigenvalue weighted by Crippen LogP contribution is -2.40. The Kier molecular flexibility index (Phi) is 6.78. The Morgan fingerprint density at radius 2 is 1.81 bits per heavy atom. The quantitative estimate of drug-likeness (QED) is 0.669. The minimum atomic E-state index is -0.559. The second kappa shape index (κ2) is 9.27. The molecule has 144 valence electrons. The molecule has 3 rings (SSSR count). The van der Waals surface area contributed by atoms with Crippen molar-refractivity contribution in [1.82, 2.24) is 5.32 Å². The number of halogens is 1. The number of fused-ring (bicyclic) bond motifs is 1. The van der Waals surface area contributed by atoms with Gasteiger partial charge in [0, 0.05) is 0 Å². The molecule has 27 heavy (non-hydrogen) atoms. The van der Waals surface area contributed by atoms with Crippen molar-refractivity contribution in [3.8, 4) is 5.75 Å². The van der Waals surface area contributed by atoms with Gasteiger partial charge in [0.25, 0.3) is 5.91 Å². The second-order valence-electron chi connectivity index (χ2n) is 7.15.